The van der Waals surface area contributed by atoms with Gasteiger partial charge in [-0.05, 0) is 61.9 Å². The summed E-state index contributed by atoms with van der Waals surface area (Å²) in [5.74, 6) is 0.178. The number of nitrogens with one attached hydrogen (secondary N) is 2. The lowest BCUT2D eigenvalue weighted by molar-refractivity contribution is -0.130. The van der Waals surface area contributed by atoms with E-state index in [0.29, 0.717) is 35.7 Å². The molecule has 2 N–H and O–H groups in total. The first kappa shape index (κ1) is 21.4. The predicted octanol–water partition coefficient (Wildman–Crippen LogP) is 2.15. The monoisotopic (exact) mass is 395 g/mol. The molecule has 0 radical (unpaired) electrons. The Balaban J connectivity index is 1.58. The number of carbonyl (C=O) groups is 3. The average molecular weight is 395 g/mol. The summed E-state index contributed by atoms with van der Waals surface area (Å²) in [6, 6.07) is 15.1. The van der Waals surface area contributed by atoms with Gasteiger partial charge in [0.05, 0.1) is 18.2 Å². The molecule has 0 bridgehead atoms. The molecule has 0 aromatic heterocycles. The Labute approximate surface area is 168 Å². The number of ether oxygens (including phenoxy) is 2. The van der Waals surface area contributed by atoms with Crippen molar-refractivity contribution >= 4 is 17.6 Å². The number of nitriles is 1. The van der Waals surface area contributed by atoms with Crippen molar-refractivity contribution < 1.29 is 23.9 Å². The van der Waals surface area contributed by atoms with Crippen LogP contribution in [0, 0.1) is 11.3 Å². The SMILES string of the molecule is CC(=O)c1ccc(OCCCC(=O)NNC(=O)COc2ccc(C#N)cc2)cc1. The van der Waals surface area contributed by atoms with Gasteiger partial charge in [0.2, 0.25) is 5.91 Å². The van der Waals surface area contributed by atoms with Crippen LogP contribution in [0.3, 0.4) is 0 Å². The van der Waals surface area contributed by atoms with Gasteiger partial charge in [-0.1, -0.05) is 0 Å². The Morgan fingerprint density at radius 1 is 0.897 bits per heavy atom. The van der Waals surface area contributed by atoms with Gasteiger partial charge in [-0.15, -0.1) is 0 Å². The fourth-order valence-electron chi connectivity index (χ4n) is 2.22. The Kier molecular flexibility index (Phi) is 8.20. The van der Waals surface area contributed by atoms with Crippen molar-refractivity contribution in [2.75, 3.05) is 13.2 Å². The Morgan fingerprint density at radius 2 is 1.48 bits per heavy atom. The number of amides is 2. The van der Waals surface area contributed by atoms with Crippen LogP contribution in [0.25, 0.3) is 0 Å². The second-order valence-corrected chi connectivity index (χ2v) is 6.05. The van der Waals surface area contributed by atoms with Crippen LogP contribution in [0.2, 0.25) is 0 Å². The third-order valence-electron chi connectivity index (χ3n) is 3.77. The molecule has 0 aliphatic heterocycles. The molecule has 2 aromatic carbocycles. The highest BCUT2D eigenvalue weighted by atomic mass is 16.5. The summed E-state index contributed by atoms with van der Waals surface area (Å²) in [7, 11) is 0. The van der Waals surface area contributed by atoms with E-state index < -0.39 is 5.91 Å². The van der Waals surface area contributed by atoms with Gasteiger partial charge in [-0.2, -0.15) is 5.26 Å². The number of hydrazine groups is 1. The van der Waals surface area contributed by atoms with Gasteiger partial charge in [0.25, 0.3) is 5.91 Å². The van der Waals surface area contributed by atoms with Gasteiger partial charge in [-0.25, -0.2) is 0 Å². The van der Waals surface area contributed by atoms with Crippen LogP contribution in [0.1, 0.15) is 35.7 Å². The second-order valence-electron chi connectivity index (χ2n) is 6.05. The molecule has 150 valence electrons. The van der Waals surface area contributed by atoms with Crippen LogP contribution >= 0.6 is 0 Å². The molecule has 2 amide bonds. The summed E-state index contributed by atoms with van der Waals surface area (Å²) in [5, 5.41) is 8.72. The number of nitrogens with zero attached hydrogens (tertiary/aromatic N) is 1. The summed E-state index contributed by atoms with van der Waals surface area (Å²) in [6.07, 6.45) is 0.625. The second kappa shape index (κ2) is 11.1. The van der Waals surface area contributed by atoms with Crippen molar-refractivity contribution in [3.63, 3.8) is 0 Å². The van der Waals surface area contributed by atoms with Crippen LogP contribution in [-0.2, 0) is 9.59 Å². The van der Waals surface area contributed by atoms with Crippen LogP contribution in [-0.4, -0.2) is 30.8 Å². The minimum Gasteiger partial charge on any atom is -0.494 e. The maximum Gasteiger partial charge on any atom is 0.276 e. The standard InChI is InChI=1S/C21H21N3O5/c1-15(25)17-6-10-18(11-7-17)28-12-2-3-20(26)23-24-21(27)14-29-19-8-4-16(13-22)5-9-19/h4-11H,2-3,12,14H2,1H3,(H,23,26)(H,24,27). The maximum atomic E-state index is 11.7. The first-order chi connectivity index (χ1) is 14.0. The smallest absolute Gasteiger partial charge is 0.276 e. The molecule has 0 aliphatic rings. The molecule has 0 unspecified atom stereocenters. The molecule has 0 saturated heterocycles. The van der Waals surface area contributed by atoms with Gasteiger partial charge in [-0.3, -0.25) is 25.2 Å². The molecule has 8 heteroatoms. The van der Waals surface area contributed by atoms with Crippen LogP contribution in [0.5, 0.6) is 11.5 Å². The van der Waals surface area contributed by atoms with Crippen molar-refractivity contribution in [1.82, 2.24) is 10.9 Å². The molecule has 0 aliphatic carbocycles. The summed E-state index contributed by atoms with van der Waals surface area (Å²) in [5.41, 5.74) is 5.66. The zero-order chi connectivity index (χ0) is 21.1. The number of Topliss-reactive ketones (excluding diaryl/α,β-unsaturated/α-hetero) is 1. The van der Waals surface area contributed by atoms with Crippen LogP contribution in [0.4, 0.5) is 0 Å². The third kappa shape index (κ3) is 7.72. The minimum absolute atomic E-state index is 0.0161. The van der Waals surface area contributed by atoms with Crippen molar-refractivity contribution in [3.8, 4) is 17.6 Å². The normalized spacial score (nSPS) is 9.79. The molecule has 0 fully saturated rings. The zero-order valence-corrected chi connectivity index (χ0v) is 15.9. The van der Waals surface area contributed by atoms with Crippen molar-refractivity contribution in [2.45, 2.75) is 19.8 Å². The number of ketones is 1. The molecule has 2 rings (SSSR count). The zero-order valence-electron chi connectivity index (χ0n) is 15.9. The highest BCUT2D eigenvalue weighted by molar-refractivity contribution is 5.94. The van der Waals surface area contributed by atoms with Crippen LogP contribution < -0.4 is 20.3 Å². The highest BCUT2D eigenvalue weighted by Crippen LogP contribution is 2.13. The molecule has 0 spiro atoms. The summed E-state index contributed by atoms with van der Waals surface area (Å²) in [4.78, 5) is 34.6. The third-order valence-corrected chi connectivity index (χ3v) is 3.77. The number of benzene rings is 2. The van der Waals surface area contributed by atoms with Gasteiger partial charge in [0.15, 0.2) is 12.4 Å². The predicted molar refractivity (Wildman–Crippen MR) is 104 cm³/mol. The number of carbonyl (C=O) groups excluding carboxylic acids is 3. The minimum atomic E-state index is -0.510. The average Bonchev–Trinajstić information content (AvgIpc) is 2.74. The quantitative estimate of drug-likeness (QED) is 0.382. The molecular weight excluding hydrogens is 374 g/mol. The largest absolute Gasteiger partial charge is 0.494 e. The lowest BCUT2D eigenvalue weighted by Gasteiger charge is -2.09. The Hall–Kier alpha value is -3.86. The Morgan fingerprint density at radius 3 is 2.10 bits per heavy atom. The molecule has 8 nitrogen and oxygen atoms in total. The fourth-order valence-corrected chi connectivity index (χ4v) is 2.22. The number of hydrogen-bond acceptors (Lipinski definition) is 6. The van der Waals surface area contributed by atoms with Gasteiger partial charge >= 0.3 is 0 Å². The lowest BCUT2D eigenvalue weighted by atomic mass is 10.1. The molecule has 0 heterocycles. The highest BCUT2D eigenvalue weighted by Gasteiger charge is 2.06. The molecular formula is C21H21N3O5. The first-order valence-electron chi connectivity index (χ1n) is 8.92. The topological polar surface area (TPSA) is 118 Å². The van der Waals surface area contributed by atoms with E-state index in [9.17, 15) is 14.4 Å². The lowest BCUT2D eigenvalue weighted by Crippen LogP contribution is -2.43. The molecule has 2 aromatic rings. The van der Waals surface area contributed by atoms with Gasteiger partial charge in [0.1, 0.15) is 11.5 Å². The van der Waals surface area contributed by atoms with E-state index in [-0.39, 0.29) is 24.7 Å². The van der Waals surface area contributed by atoms with Crippen molar-refractivity contribution in [1.29, 1.82) is 5.26 Å². The van der Waals surface area contributed by atoms with Gasteiger partial charge in [0, 0.05) is 12.0 Å². The van der Waals surface area contributed by atoms with Crippen molar-refractivity contribution in [3.05, 3.63) is 59.7 Å². The maximum absolute atomic E-state index is 11.7. The molecule has 29 heavy (non-hydrogen) atoms. The summed E-state index contributed by atoms with van der Waals surface area (Å²) >= 11 is 0. The van der Waals surface area contributed by atoms with Crippen molar-refractivity contribution in [2.24, 2.45) is 0 Å². The molecule has 0 atom stereocenters. The van der Waals surface area contributed by atoms with E-state index in [1.807, 2.05) is 6.07 Å². The fraction of sp³-hybridized carbons (Fsp3) is 0.238. The molecule has 0 saturated carbocycles. The van der Waals surface area contributed by atoms with Gasteiger partial charge < -0.3 is 9.47 Å². The van der Waals surface area contributed by atoms with Crippen LogP contribution in [0.15, 0.2) is 48.5 Å². The van der Waals surface area contributed by atoms with E-state index in [4.69, 9.17) is 14.7 Å². The van der Waals surface area contributed by atoms with E-state index in [1.54, 1.807) is 48.5 Å². The van der Waals surface area contributed by atoms with E-state index >= 15 is 0 Å². The number of rotatable bonds is 9. The summed E-state index contributed by atoms with van der Waals surface area (Å²) in [6.45, 7) is 1.54. The number of hydrogen-bond donors (Lipinski definition) is 2. The van der Waals surface area contributed by atoms with E-state index in [2.05, 4.69) is 10.9 Å². The van der Waals surface area contributed by atoms with E-state index in [1.165, 1.54) is 6.92 Å². The first-order valence-corrected chi connectivity index (χ1v) is 8.92. The van der Waals surface area contributed by atoms with E-state index in [0.717, 1.165) is 0 Å². The Bertz CT molecular complexity index is 886. The summed E-state index contributed by atoms with van der Waals surface area (Å²) < 4.78 is 10.8.